The van der Waals surface area contributed by atoms with Crippen molar-refractivity contribution in [2.45, 2.75) is 12.6 Å². The monoisotopic (exact) mass is 336 g/mol. The summed E-state index contributed by atoms with van der Waals surface area (Å²) in [5.41, 5.74) is 2.36. The van der Waals surface area contributed by atoms with Crippen LogP contribution in [-0.2, 0) is 0 Å². The molecule has 3 rings (SSSR count). The van der Waals surface area contributed by atoms with E-state index in [0.29, 0.717) is 22.2 Å². The summed E-state index contributed by atoms with van der Waals surface area (Å²) in [5, 5.41) is 17.3. The van der Waals surface area contributed by atoms with Gasteiger partial charge >= 0.3 is 0 Å². The Kier molecular flexibility index (Phi) is 4.25. The van der Waals surface area contributed by atoms with Gasteiger partial charge in [0, 0.05) is 11.4 Å². The van der Waals surface area contributed by atoms with Gasteiger partial charge in [0.05, 0.1) is 23.5 Å². The number of methoxy groups -OCH3 is 1. The second-order valence-corrected chi connectivity index (χ2v) is 5.74. The van der Waals surface area contributed by atoms with Crippen molar-refractivity contribution in [1.82, 2.24) is 0 Å². The first kappa shape index (κ1) is 15.2. The fourth-order valence-electron chi connectivity index (χ4n) is 2.34. The zero-order valence-corrected chi connectivity index (χ0v) is 13.3. The number of hydrogen-bond acceptors (Lipinski definition) is 4. The van der Waals surface area contributed by atoms with Crippen molar-refractivity contribution >= 4 is 34.6 Å². The molecule has 2 aromatic rings. The van der Waals surface area contributed by atoms with Gasteiger partial charge in [0.15, 0.2) is 6.23 Å². The Bertz CT molecular complexity index is 717. The fourth-order valence-corrected chi connectivity index (χ4v) is 2.83. The number of hydrazone groups is 1. The van der Waals surface area contributed by atoms with Gasteiger partial charge in [-0.3, -0.25) is 0 Å². The van der Waals surface area contributed by atoms with Crippen LogP contribution in [0.15, 0.2) is 47.6 Å². The third kappa shape index (κ3) is 2.90. The molecule has 0 saturated carbocycles. The van der Waals surface area contributed by atoms with Crippen LogP contribution in [0.5, 0.6) is 5.75 Å². The van der Waals surface area contributed by atoms with E-state index in [9.17, 15) is 5.11 Å². The number of rotatable bonds is 3. The van der Waals surface area contributed by atoms with Gasteiger partial charge in [-0.25, -0.2) is 5.01 Å². The fraction of sp³-hybridized carbons (Fsp3) is 0.188. The highest BCUT2D eigenvalue weighted by atomic mass is 35.5. The van der Waals surface area contributed by atoms with Crippen LogP contribution in [0.4, 0.5) is 5.69 Å². The highest BCUT2D eigenvalue weighted by molar-refractivity contribution is 6.36. The first-order chi connectivity index (χ1) is 10.6. The molecule has 0 bridgehead atoms. The molecule has 1 aliphatic heterocycles. The SMILES string of the molecule is COc1ccc(C2=NN(c3ccc(Cl)cc3Cl)C(O)C2)cc1. The van der Waals surface area contributed by atoms with Crippen LogP contribution < -0.4 is 9.75 Å². The van der Waals surface area contributed by atoms with E-state index < -0.39 is 6.23 Å². The van der Waals surface area contributed by atoms with Crippen LogP contribution in [0, 0.1) is 0 Å². The van der Waals surface area contributed by atoms with E-state index in [1.165, 1.54) is 5.01 Å². The van der Waals surface area contributed by atoms with Gasteiger partial charge in [0.2, 0.25) is 0 Å². The summed E-state index contributed by atoms with van der Waals surface area (Å²) < 4.78 is 5.14. The van der Waals surface area contributed by atoms with Crippen molar-refractivity contribution in [3.8, 4) is 5.75 Å². The van der Waals surface area contributed by atoms with Crippen LogP contribution in [-0.4, -0.2) is 24.2 Å². The lowest BCUT2D eigenvalue weighted by atomic mass is 10.1. The van der Waals surface area contributed by atoms with Crippen molar-refractivity contribution in [2.24, 2.45) is 5.10 Å². The summed E-state index contributed by atoms with van der Waals surface area (Å²) in [5.74, 6) is 0.778. The van der Waals surface area contributed by atoms with E-state index in [1.54, 1.807) is 25.3 Å². The second kappa shape index (κ2) is 6.16. The molecule has 0 radical (unpaired) electrons. The van der Waals surface area contributed by atoms with Crippen molar-refractivity contribution in [1.29, 1.82) is 0 Å². The Labute approximate surface area is 138 Å². The molecule has 1 heterocycles. The van der Waals surface area contributed by atoms with E-state index in [1.807, 2.05) is 24.3 Å². The first-order valence-corrected chi connectivity index (χ1v) is 7.48. The molecule has 1 unspecified atom stereocenters. The molecule has 0 fully saturated rings. The molecule has 22 heavy (non-hydrogen) atoms. The molecule has 0 aliphatic carbocycles. The maximum absolute atomic E-state index is 10.3. The number of hydrogen-bond donors (Lipinski definition) is 1. The summed E-state index contributed by atoms with van der Waals surface area (Å²) in [6.45, 7) is 0. The van der Waals surface area contributed by atoms with Crippen LogP contribution >= 0.6 is 23.2 Å². The van der Waals surface area contributed by atoms with E-state index in [-0.39, 0.29) is 0 Å². The van der Waals surface area contributed by atoms with Gasteiger partial charge in [0.1, 0.15) is 5.75 Å². The van der Waals surface area contributed by atoms with Crippen LogP contribution in [0.3, 0.4) is 0 Å². The minimum atomic E-state index is -0.754. The predicted octanol–water partition coefficient (Wildman–Crippen LogP) is 3.93. The average molecular weight is 337 g/mol. The van der Waals surface area contributed by atoms with Crippen molar-refractivity contribution in [2.75, 3.05) is 12.1 Å². The Morgan fingerprint density at radius 1 is 1.18 bits per heavy atom. The molecule has 6 heteroatoms. The van der Waals surface area contributed by atoms with Gasteiger partial charge in [-0.2, -0.15) is 5.10 Å². The Hall–Kier alpha value is -1.75. The largest absolute Gasteiger partial charge is 0.497 e. The van der Waals surface area contributed by atoms with Gasteiger partial charge < -0.3 is 9.84 Å². The summed E-state index contributed by atoms with van der Waals surface area (Å²) in [6, 6.07) is 12.6. The molecule has 1 aliphatic rings. The molecular weight excluding hydrogens is 323 g/mol. The zero-order chi connectivity index (χ0) is 15.7. The maximum atomic E-state index is 10.3. The van der Waals surface area contributed by atoms with E-state index >= 15 is 0 Å². The summed E-state index contributed by atoms with van der Waals surface area (Å²) in [7, 11) is 1.62. The lowest BCUT2D eigenvalue weighted by Gasteiger charge is -2.19. The second-order valence-electron chi connectivity index (χ2n) is 4.90. The van der Waals surface area contributed by atoms with Crippen LogP contribution in [0.2, 0.25) is 10.0 Å². The zero-order valence-electron chi connectivity index (χ0n) is 11.8. The minimum Gasteiger partial charge on any atom is -0.497 e. The molecule has 0 spiro atoms. The first-order valence-electron chi connectivity index (χ1n) is 6.73. The lowest BCUT2D eigenvalue weighted by Crippen LogP contribution is -2.25. The summed E-state index contributed by atoms with van der Waals surface area (Å²) >= 11 is 12.1. The van der Waals surface area contributed by atoms with Crippen LogP contribution in [0.1, 0.15) is 12.0 Å². The van der Waals surface area contributed by atoms with Gasteiger partial charge in [-0.1, -0.05) is 23.2 Å². The summed E-state index contributed by atoms with van der Waals surface area (Å²) in [4.78, 5) is 0. The molecule has 0 saturated heterocycles. The van der Waals surface area contributed by atoms with Crippen molar-refractivity contribution in [3.63, 3.8) is 0 Å². The number of aliphatic hydroxyl groups is 1. The van der Waals surface area contributed by atoms with E-state index in [0.717, 1.165) is 17.0 Å². The highest BCUT2D eigenvalue weighted by Crippen LogP contribution is 2.33. The molecule has 1 atom stereocenters. The normalized spacial score (nSPS) is 17.5. The van der Waals surface area contributed by atoms with Crippen LogP contribution in [0.25, 0.3) is 0 Å². The van der Waals surface area contributed by atoms with Gasteiger partial charge in [-0.15, -0.1) is 0 Å². The number of ether oxygens (including phenoxy) is 1. The van der Waals surface area contributed by atoms with Gasteiger partial charge in [-0.05, 0) is 48.0 Å². The third-order valence-electron chi connectivity index (χ3n) is 3.47. The van der Waals surface area contributed by atoms with Crippen molar-refractivity contribution in [3.05, 3.63) is 58.1 Å². The van der Waals surface area contributed by atoms with E-state index in [4.69, 9.17) is 27.9 Å². The molecule has 4 nitrogen and oxygen atoms in total. The number of halogens is 2. The average Bonchev–Trinajstić information content (AvgIpc) is 2.89. The molecule has 114 valence electrons. The predicted molar refractivity (Wildman–Crippen MR) is 89.1 cm³/mol. The maximum Gasteiger partial charge on any atom is 0.153 e. The summed E-state index contributed by atoms with van der Waals surface area (Å²) in [6.07, 6.45) is -0.332. The Morgan fingerprint density at radius 2 is 1.91 bits per heavy atom. The number of anilines is 1. The molecule has 0 amide bonds. The minimum absolute atomic E-state index is 0.422. The quantitative estimate of drug-likeness (QED) is 0.923. The number of benzene rings is 2. The molecule has 2 aromatic carbocycles. The topological polar surface area (TPSA) is 45.1 Å². The molecule has 1 N–H and O–H groups in total. The molecule has 0 aromatic heterocycles. The Morgan fingerprint density at radius 3 is 2.55 bits per heavy atom. The number of nitrogens with zero attached hydrogens (tertiary/aromatic N) is 2. The van der Waals surface area contributed by atoms with E-state index in [2.05, 4.69) is 5.10 Å². The Balaban J connectivity index is 1.91. The molecular formula is C16H14Cl2N2O2. The number of aliphatic hydroxyl groups excluding tert-OH is 1. The standard InChI is InChI=1S/C16H14Cl2N2O2/c1-22-12-5-2-10(3-6-12)14-9-16(21)20(19-14)15-7-4-11(17)8-13(15)18/h2-8,16,21H,9H2,1H3. The third-order valence-corrected chi connectivity index (χ3v) is 4.00. The smallest absolute Gasteiger partial charge is 0.153 e. The van der Waals surface area contributed by atoms with Crippen molar-refractivity contribution < 1.29 is 9.84 Å². The van der Waals surface area contributed by atoms with Gasteiger partial charge in [0.25, 0.3) is 0 Å². The lowest BCUT2D eigenvalue weighted by molar-refractivity contribution is 0.187. The highest BCUT2D eigenvalue weighted by Gasteiger charge is 2.27.